The van der Waals surface area contributed by atoms with Gasteiger partial charge in [-0.15, -0.1) is 0 Å². The first kappa shape index (κ1) is 18.2. The van der Waals surface area contributed by atoms with Crippen molar-refractivity contribution in [2.45, 2.75) is 23.6 Å². The number of benzene rings is 1. The van der Waals surface area contributed by atoms with Gasteiger partial charge in [-0.1, -0.05) is 11.6 Å². The first-order valence-corrected chi connectivity index (χ1v) is 7.45. The summed E-state index contributed by atoms with van der Waals surface area (Å²) in [6.07, 6.45) is -4.72. The molecule has 10 heteroatoms. The summed E-state index contributed by atoms with van der Waals surface area (Å²) in [6.45, 7) is -0.159. The van der Waals surface area contributed by atoms with E-state index in [4.69, 9.17) is 16.7 Å². The van der Waals surface area contributed by atoms with Crippen LogP contribution in [0.2, 0.25) is 5.02 Å². The Morgan fingerprint density at radius 1 is 1.33 bits per heavy atom. The molecule has 0 saturated carbocycles. The number of aliphatic hydroxyl groups excluding tert-OH is 1. The van der Waals surface area contributed by atoms with Gasteiger partial charge in [0, 0.05) is 6.54 Å². The molecule has 3 N–H and O–H groups in total. The zero-order valence-corrected chi connectivity index (χ0v) is 12.3. The van der Waals surface area contributed by atoms with Crippen LogP contribution in [0.15, 0.2) is 23.1 Å². The molecule has 1 aromatic carbocycles. The molecule has 0 radical (unpaired) electrons. The third-order valence-corrected chi connectivity index (χ3v) is 4.41. The molecule has 0 aliphatic carbocycles. The van der Waals surface area contributed by atoms with Crippen molar-refractivity contribution < 1.29 is 31.8 Å². The predicted octanol–water partition coefficient (Wildman–Crippen LogP) is 1.38. The van der Waals surface area contributed by atoms with Crippen molar-refractivity contribution in [3.05, 3.63) is 28.8 Å². The van der Waals surface area contributed by atoms with Crippen LogP contribution in [-0.2, 0) is 16.2 Å². The molecule has 0 bridgehead atoms. The summed E-state index contributed by atoms with van der Waals surface area (Å²) in [6, 6.07) is 1.88. The Kier molecular flexibility index (Phi) is 5.27. The molecule has 0 aliphatic heterocycles. The molecule has 0 amide bonds. The van der Waals surface area contributed by atoms with Crippen LogP contribution < -0.4 is 4.72 Å². The van der Waals surface area contributed by atoms with Crippen molar-refractivity contribution in [2.24, 2.45) is 0 Å². The molecule has 1 unspecified atom stereocenters. The average Bonchev–Trinajstić information content (AvgIpc) is 2.35. The highest BCUT2D eigenvalue weighted by Crippen LogP contribution is 2.33. The lowest BCUT2D eigenvalue weighted by Gasteiger charge is -2.21. The van der Waals surface area contributed by atoms with Crippen LogP contribution in [0.5, 0.6) is 0 Å². The first-order valence-electron chi connectivity index (χ1n) is 5.59. The third kappa shape index (κ3) is 4.82. The highest BCUT2D eigenvalue weighted by molar-refractivity contribution is 7.89. The molecule has 1 atom stereocenters. The van der Waals surface area contributed by atoms with Gasteiger partial charge in [-0.2, -0.15) is 13.2 Å². The summed E-state index contributed by atoms with van der Waals surface area (Å²) >= 11 is 5.62. The van der Waals surface area contributed by atoms with Gasteiger partial charge in [0.2, 0.25) is 10.0 Å². The Balaban J connectivity index is 3.14. The summed E-state index contributed by atoms with van der Waals surface area (Å²) in [7, 11) is -4.37. The molecule has 1 rings (SSSR count). The van der Waals surface area contributed by atoms with Gasteiger partial charge in [-0.3, -0.25) is 0 Å². The standard InChI is InChI=1S/C11H13ClF3NO4S/c1-10(18,6-17)5-16-21(19,20)9-4-7(11(13,14)15)2-3-8(9)12/h2-4,16-18H,5-6H2,1H3. The van der Waals surface area contributed by atoms with Crippen molar-refractivity contribution in [2.75, 3.05) is 13.2 Å². The molecule has 0 heterocycles. The Hall–Kier alpha value is -0.870. The molecule has 0 saturated heterocycles. The number of hydrogen-bond acceptors (Lipinski definition) is 4. The number of sulfonamides is 1. The van der Waals surface area contributed by atoms with Gasteiger partial charge in [-0.05, 0) is 25.1 Å². The van der Waals surface area contributed by atoms with E-state index in [1.807, 2.05) is 4.72 Å². The fourth-order valence-electron chi connectivity index (χ4n) is 1.27. The smallest absolute Gasteiger partial charge is 0.393 e. The van der Waals surface area contributed by atoms with Crippen molar-refractivity contribution in [1.29, 1.82) is 0 Å². The molecule has 0 spiro atoms. The largest absolute Gasteiger partial charge is 0.416 e. The fraction of sp³-hybridized carbons (Fsp3) is 0.455. The summed E-state index contributed by atoms with van der Waals surface area (Å²) in [5, 5.41) is 17.9. The SMILES string of the molecule is CC(O)(CO)CNS(=O)(=O)c1cc(C(F)(F)F)ccc1Cl. The lowest BCUT2D eigenvalue weighted by molar-refractivity contribution is -0.137. The van der Waals surface area contributed by atoms with Crippen LogP contribution in [0.25, 0.3) is 0 Å². The van der Waals surface area contributed by atoms with Gasteiger partial charge in [0.05, 0.1) is 22.8 Å². The maximum Gasteiger partial charge on any atom is 0.416 e. The van der Waals surface area contributed by atoms with Gasteiger partial charge >= 0.3 is 6.18 Å². The van der Waals surface area contributed by atoms with E-state index < -0.39 is 45.4 Å². The van der Waals surface area contributed by atoms with E-state index in [0.717, 1.165) is 13.0 Å². The molecule has 0 fully saturated rings. The minimum atomic E-state index is -4.72. The minimum absolute atomic E-state index is 0.390. The maximum absolute atomic E-state index is 12.6. The second kappa shape index (κ2) is 6.09. The molecular weight excluding hydrogens is 335 g/mol. The monoisotopic (exact) mass is 347 g/mol. The van der Waals surface area contributed by atoms with Gasteiger partial charge in [0.1, 0.15) is 4.90 Å². The molecular formula is C11H13ClF3NO4S. The van der Waals surface area contributed by atoms with E-state index in [-0.39, 0.29) is 5.02 Å². The Labute approximate surface area is 124 Å². The van der Waals surface area contributed by atoms with E-state index in [1.165, 1.54) is 0 Å². The van der Waals surface area contributed by atoms with Gasteiger partial charge in [0.25, 0.3) is 0 Å². The zero-order valence-electron chi connectivity index (χ0n) is 10.8. The summed E-state index contributed by atoms with van der Waals surface area (Å²) in [5.41, 5.74) is -2.91. The van der Waals surface area contributed by atoms with Crippen molar-refractivity contribution >= 4 is 21.6 Å². The molecule has 120 valence electrons. The topological polar surface area (TPSA) is 86.6 Å². The Morgan fingerprint density at radius 3 is 2.38 bits per heavy atom. The number of hydrogen-bond donors (Lipinski definition) is 3. The van der Waals surface area contributed by atoms with E-state index in [9.17, 15) is 26.7 Å². The summed E-state index contributed by atoms with van der Waals surface area (Å²) in [5.74, 6) is 0. The van der Waals surface area contributed by atoms with Gasteiger partial charge in [0.15, 0.2) is 0 Å². The van der Waals surface area contributed by atoms with E-state index >= 15 is 0 Å². The highest BCUT2D eigenvalue weighted by Gasteiger charge is 2.33. The number of aliphatic hydroxyl groups is 2. The van der Waals surface area contributed by atoms with Crippen LogP contribution in [0.1, 0.15) is 12.5 Å². The molecule has 1 aromatic rings. The van der Waals surface area contributed by atoms with Crippen molar-refractivity contribution in [3.8, 4) is 0 Å². The minimum Gasteiger partial charge on any atom is -0.393 e. The third-order valence-electron chi connectivity index (χ3n) is 2.53. The molecule has 0 aliphatic rings. The van der Waals surface area contributed by atoms with E-state index in [2.05, 4.69) is 0 Å². The normalized spacial score (nSPS) is 15.8. The van der Waals surface area contributed by atoms with Crippen LogP contribution in [-0.4, -0.2) is 37.4 Å². The number of nitrogens with one attached hydrogen (secondary N) is 1. The second-order valence-electron chi connectivity index (χ2n) is 4.62. The van der Waals surface area contributed by atoms with E-state index in [0.29, 0.717) is 12.1 Å². The van der Waals surface area contributed by atoms with Crippen LogP contribution in [0.4, 0.5) is 13.2 Å². The van der Waals surface area contributed by atoms with Crippen LogP contribution in [0, 0.1) is 0 Å². The maximum atomic E-state index is 12.6. The lowest BCUT2D eigenvalue weighted by Crippen LogP contribution is -2.43. The lowest BCUT2D eigenvalue weighted by atomic mass is 10.1. The molecule has 0 aromatic heterocycles. The van der Waals surface area contributed by atoms with Gasteiger partial charge < -0.3 is 10.2 Å². The van der Waals surface area contributed by atoms with Crippen molar-refractivity contribution in [3.63, 3.8) is 0 Å². The summed E-state index contributed by atoms with van der Waals surface area (Å²) < 4.78 is 63.5. The number of halogens is 4. The Bertz CT molecular complexity index is 616. The average molecular weight is 348 g/mol. The van der Waals surface area contributed by atoms with Crippen LogP contribution >= 0.6 is 11.6 Å². The highest BCUT2D eigenvalue weighted by atomic mass is 35.5. The molecule has 5 nitrogen and oxygen atoms in total. The molecule has 21 heavy (non-hydrogen) atoms. The zero-order chi connectivity index (χ0) is 16.5. The predicted molar refractivity (Wildman–Crippen MR) is 69.4 cm³/mol. The second-order valence-corrected chi connectivity index (χ2v) is 6.77. The fourth-order valence-corrected chi connectivity index (χ4v) is 2.96. The quantitative estimate of drug-likeness (QED) is 0.751. The number of rotatable bonds is 5. The summed E-state index contributed by atoms with van der Waals surface area (Å²) in [4.78, 5) is -0.757. The van der Waals surface area contributed by atoms with E-state index in [1.54, 1.807) is 0 Å². The Morgan fingerprint density at radius 2 is 1.90 bits per heavy atom. The first-order chi connectivity index (χ1) is 9.39. The van der Waals surface area contributed by atoms with Gasteiger partial charge in [-0.25, -0.2) is 13.1 Å². The van der Waals surface area contributed by atoms with Crippen LogP contribution in [0.3, 0.4) is 0 Å². The van der Waals surface area contributed by atoms with Crippen molar-refractivity contribution in [1.82, 2.24) is 4.72 Å². The number of alkyl halides is 3.